The molecule has 0 aromatic carbocycles. The van der Waals surface area contributed by atoms with Crippen LogP contribution in [0.4, 0.5) is 0 Å². The highest BCUT2D eigenvalue weighted by Crippen LogP contribution is 1.92. The molecule has 0 aromatic rings. The van der Waals surface area contributed by atoms with E-state index in [2.05, 4.69) is 10.6 Å². The number of hydrogen-bond acceptors (Lipinski definition) is 4. The summed E-state index contributed by atoms with van der Waals surface area (Å²) in [6.45, 7) is 5.61. The van der Waals surface area contributed by atoms with Crippen LogP contribution in [0.1, 0.15) is 33.1 Å². The van der Waals surface area contributed by atoms with Gasteiger partial charge in [0.05, 0.1) is 5.75 Å². The van der Waals surface area contributed by atoms with Gasteiger partial charge in [-0.15, -0.1) is 0 Å². The van der Waals surface area contributed by atoms with Crippen LogP contribution >= 0.6 is 0 Å². The fourth-order valence-electron chi connectivity index (χ4n) is 1.24. The average Bonchev–Trinajstić information content (AvgIpc) is 2.31. The first-order valence-electron chi connectivity index (χ1n) is 6.19. The minimum atomic E-state index is -2.85. The monoisotopic (exact) mass is 264 g/mol. The molecule has 0 unspecified atom stereocenters. The zero-order valence-corrected chi connectivity index (χ0v) is 11.6. The van der Waals surface area contributed by atoms with Crippen molar-refractivity contribution < 1.29 is 13.2 Å². The zero-order chi connectivity index (χ0) is 13.1. The van der Waals surface area contributed by atoms with E-state index in [1.165, 1.54) is 0 Å². The fraction of sp³-hybridized carbons (Fsp3) is 0.909. The highest BCUT2D eigenvalue weighted by Gasteiger charge is 2.06. The Bertz CT molecular complexity index is 302. The van der Waals surface area contributed by atoms with Gasteiger partial charge in [0.15, 0.2) is 0 Å². The molecular weight excluding hydrogens is 240 g/mol. The minimum Gasteiger partial charge on any atom is -0.356 e. The quantitative estimate of drug-likeness (QED) is 0.557. The Hall–Kier alpha value is -0.620. The molecule has 0 saturated heterocycles. The van der Waals surface area contributed by atoms with Crippen LogP contribution < -0.4 is 10.6 Å². The van der Waals surface area contributed by atoms with E-state index in [9.17, 15) is 13.2 Å². The van der Waals surface area contributed by atoms with E-state index < -0.39 is 9.84 Å². The van der Waals surface area contributed by atoms with Crippen molar-refractivity contribution in [2.24, 2.45) is 0 Å². The molecule has 0 atom stereocenters. The molecule has 0 aliphatic heterocycles. The molecule has 0 saturated carbocycles. The summed E-state index contributed by atoms with van der Waals surface area (Å²) < 4.78 is 22.3. The molecule has 6 heteroatoms. The summed E-state index contributed by atoms with van der Waals surface area (Å²) in [5.41, 5.74) is 0. The largest absolute Gasteiger partial charge is 0.356 e. The number of nitrogens with one attached hydrogen (secondary N) is 2. The molecule has 0 radical (unpaired) electrons. The molecule has 0 heterocycles. The Morgan fingerprint density at radius 2 is 1.82 bits per heavy atom. The summed E-state index contributed by atoms with van der Waals surface area (Å²) in [4.78, 5) is 11.2. The standard InChI is InChI=1S/C11H24N2O3S/c1-3-7-13-11(14)6-9-12-8-5-10-17(15,16)4-2/h12H,3-10H2,1-2H3,(H,13,14). The zero-order valence-electron chi connectivity index (χ0n) is 10.8. The molecule has 0 aliphatic carbocycles. The number of carbonyl (C=O) groups is 1. The average molecular weight is 264 g/mol. The molecule has 1 amide bonds. The number of rotatable bonds is 10. The van der Waals surface area contributed by atoms with Gasteiger partial charge in [0.2, 0.25) is 5.91 Å². The lowest BCUT2D eigenvalue weighted by Gasteiger charge is -2.05. The van der Waals surface area contributed by atoms with E-state index in [4.69, 9.17) is 0 Å². The van der Waals surface area contributed by atoms with Gasteiger partial charge >= 0.3 is 0 Å². The highest BCUT2D eigenvalue weighted by molar-refractivity contribution is 7.91. The first-order chi connectivity index (χ1) is 8.02. The predicted octanol–water partition coefficient (Wildman–Crippen LogP) is 0.317. The van der Waals surface area contributed by atoms with Gasteiger partial charge in [-0.1, -0.05) is 13.8 Å². The van der Waals surface area contributed by atoms with E-state index in [-0.39, 0.29) is 17.4 Å². The summed E-state index contributed by atoms with van der Waals surface area (Å²) in [5.74, 6) is 0.464. The first kappa shape index (κ1) is 16.4. The van der Waals surface area contributed by atoms with Crippen molar-refractivity contribution in [1.29, 1.82) is 0 Å². The van der Waals surface area contributed by atoms with Crippen molar-refractivity contribution in [2.75, 3.05) is 31.1 Å². The summed E-state index contributed by atoms with van der Waals surface area (Å²) in [5, 5.41) is 5.85. The van der Waals surface area contributed by atoms with Gasteiger partial charge in [0, 0.05) is 25.3 Å². The van der Waals surface area contributed by atoms with Crippen molar-refractivity contribution in [1.82, 2.24) is 10.6 Å². The predicted molar refractivity (Wildman–Crippen MR) is 69.7 cm³/mol. The topological polar surface area (TPSA) is 75.3 Å². The lowest BCUT2D eigenvalue weighted by Crippen LogP contribution is -2.29. The van der Waals surface area contributed by atoms with Crippen LogP contribution in [0.5, 0.6) is 0 Å². The SMILES string of the molecule is CCCNC(=O)CCNCCCS(=O)(=O)CC. The van der Waals surface area contributed by atoms with Crippen molar-refractivity contribution in [2.45, 2.75) is 33.1 Å². The summed E-state index contributed by atoms with van der Waals surface area (Å²) in [6.07, 6.45) is 1.99. The van der Waals surface area contributed by atoms with E-state index in [0.29, 0.717) is 32.5 Å². The summed E-state index contributed by atoms with van der Waals surface area (Å²) >= 11 is 0. The van der Waals surface area contributed by atoms with Gasteiger partial charge in [0.1, 0.15) is 9.84 Å². The number of sulfone groups is 1. The molecular formula is C11H24N2O3S. The molecule has 0 bridgehead atoms. The van der Waals surface area contributed by atoms with Crippen molar-refractivity contribution >= 4 is 15.7 Å². The fourth-order valence-corrected chi connectivity index (χ4v) is 2.11. The van der Waals surface area contributed by atoms with Gasteiger partial charge in [0.25, 0.3) is 0 Å². The molecule has 0 rings (SSSR count). The second-order valence-corrected chi connectivity index (χ2v) is 6.41. The molecule has 102 valence electrons. The first-order valence-corrected chi connectivity index (χ1v) is 8.01. The van der Waals surface area contributed by atoms with Crippen LogP contribution in [-0.4, -0.2) is 45.5 Å². The van der Waals surface area contributed by atoms with Crippen LogP contribution in [0, 0.1) is 0 Å². The maximum absolute atomic E-state index is 11.2. The van der Waals surface area contributed by atoms with Crippen LogP contribution in [-0.2, 0) is 14.6 Å². The van der Waals surface area contributed by atoms with Crippen LogP contribution in [0.25, 0.3) is 0 Å². The number of amides is 1. The van der Waals surface area contributed by atoms with E-state index >= 15 is 0 Å². The highest BCUT2D eigenvalue weighted by atomic mass is 32.2. The lowest BCUT2D eigenvalue weighted by atomic mass is 10.3. The second kappa shape index (κ2) is 9.41. The normalized spacial score (nSPS) is 11.4. The van der Waals surface area contributed by atoms with Gasteiger partial charge in [-0.3, -0.25) is 4.79 Å². The van der Waals surface area contributed by atoms with Gasteiger partial charge < -0.3 is 10.6 Å². The van der Waals surface area contributed by atoms with Crippen molar-refractivity contribution in [3.05, 3.63) is 0 Å². The molecule has 2 N–H and O–H groups in total. The van der Waals surface area contributed by atoms with E-state index in [0.717, 1.165) is 6.42 Å². The Morgan fingerprint density at radius 1 is 1.12 bits per heavy atom. The summed E-state index contributed by atoms with van der Waals surface area (Å²) in [7, 11) is -2.85. The molecule has 17 heavy (non-hydrogen) atoms. The van der Waals surface area contributed by atoms with Crippen molar-refractivity contribution in [3.8, 4) is 0 Å². The van der Waals surface area contributed by atoms with E-state index in [1.807, 2.05) is 6.92 Å². The third-order valence-electron chi connectivity index (χ3n) is 2.35. The molecule has 0 aliphatic rings. The molecule has 5 nitrogen and oxygen atoms in total. The minimum absolute atomic E-state index is 0.0422. The third kappa shape index (κ3) is 10.3. The lowest BCUT2D eigenvalue weighted by molar-refractivity contribution is -0.120. The maximum atomic E-state index is 11.2. The summed E-state index contributed by atoms with van der Waals surface area (Å²) in [6, 6.07) is 0. The molecule has 0 fully saturated rings. The molecule has 0 spiro atoms. The van der Waals surface area contributed by atoms with E-state index in [1.54, 1.807) is 6.92 Å². The number of hydrogen-bond donors (Lipinski definition) is 2. The second-order valence-electron chi connectivity index (χ2n) is 3.94. The van der Waals surface area contributed by atoms with Gasteiger partial charge in [-0.2, -0.15) is 0 Å². The number of carbonyl (C=O) groups excluding carboxylic acids is 1. The third-order valence-corrected chi connectivity index (χ3v) is 4.14. The molecule has 0 aromatic heterocycles. The van der Waals surface area contributed by atoms with Crippen LogP contribution in [0.2, 0.25) is 0 Å². The van der Waals surface area contributed by atoms with Crippen LogP contribution in [0.3, 0.4) is 0 Å². The Kier molecular flexibility index (Phi) is 9.07. The Labute approximate surface area is 104 Å². The van der Waals surface area contributed by atoms with Gasteiger partial charge in [-0.05, 0) is 19.4 Å². The smallest absolute Gasteiger partial charge is 0.221 e. The Balaban J connectivity index is 3.38. The maximum Gasteiger partial charge on any atom is 0.221 e. The van der Waals surface area contributed by atoms with Crippen LogP contribution in [0.15, 0.2) is 0 Å². The van der Waals surface area contributed by atoms with Gasteiger partial charge in [-0.25, -0.2) is 8.42 Å². The Morgan fingerprint density at radius 3 is 2.41 bits per heavy atom. The van der Waals surface area contributed by atoms with Crippen molar-refractivity contribution in [3.63, 3.8) is 0 Å².